The zero-order valence-corrected chi connectivity index (χ0v) is 11.0. The molecule has 2 aromatic carbocycles. The van der Waals surface area contributed by atoms with E-state index in [0.29, 0.717) is 0 Å². The molecule has 0 radical (unpaired) electrons. The maximum Gasteiger partial charge on any atom is 0.00823 e. The first-order valence-corrected chi connectivity index (χ1v) is 6.53. The number of allylic oxidation sites excluding steroid dienone is 1. The topological polar surface area (TPSA) is 26.0 Å². The molecule has 0 amide bonds. The van der Waals surface area contributed by atoms with E-state index in [-0.39, 0.29) is 6.04 Å². The minimum absolute atomic E-state index is 0.225. The summed E-state index contributed by atoms with van der Waals surface area (Å²) < 4.78 is 0. The van der Waals surface area contributed by atoms with Crippen LogP contribution in [0.4, 0.5) is 0 Å². The summed E-state index contributed by atoms with van der Waals surface area (Å²) in [5.41, 5.74) is 8.69. The molecule has 0 fully saturated rings. The average Bonchev–Trinajstić information content (AvgIpc) is 2.36. The molecule has 0 aromatic heterocycles. The van der Waals surface area contributed by atoms with Crippen LogP contribution in [0.3, 0.4) is 0 Å². The van der Waals surface area contributed by atoms with Crippen LogP contribution in [0.5, 0.6) is 0 Å². The van der Waals surface area contributed by atoms with Gasteiger partial charge in [-0.25, -0.2) is 0 Å². The summed E-state index contributed by atoms with van der Waals surface area (Å²) in [4.78, 5) is 0. The Hall–Kier alpha value is -1.60. The SMILES string of the molecule is C=C(C)CCC(N)Cc1ccc2ccccc2c1. The number of hydrogen-bond acceptors (Lipinski definition) is 1. The van der Waals surface area contributed by atoms with E-state index >= 15 is 0 Å². The molecule has 2 N–H and O–H groups in total. The fraction of sp³-hybridized carbons (Fsp3) is 0.294. The molecule has 0 bridgehead atoms. The van der Waals surface area contributed by atoms with Crippen LogP contribution in [0.25, 0.3) is 10.8 Å². The van der Waals surface area contributed by atoms with Crippen LogP contribution < -0.4 is 5.73 Å². The average molecular weight is 239 g/mol. The Kier molecular flexibility index (Phi) is 4.16. The lowest BCUT2D eigenvalue weighted by Gasteiger charge is -2.12. The maximum atomic E-state index is 6.16. The molecular formula is C17H21N. The molecular weight excluding hydrogens is 218 g/mol. The molecule has 18 heavy (non-hydrogen) atoms. The van der Waals surface area contributed by atoms with Crippen LogP contribution in [0.1, 0.15) is 25.3 Å². The van der Waals surface area contributed by atoms with Gasteiger partial charge in [-0.15, -0.1) is 6.58 Å². The lowest BCUT2D eigenvalue weighted by atomic mass is 9.98. The van der Waals surface area contributed by atoms with Gasteiger partial charge in [-0.3, -0.25) is 0 Å². The van der Waals surface area contributed by atoms with E-state index < -0.39 is 0 Å². The molecule has 2 rings (SSSR count). The predicted molar refractivity (Wildman–Crippen MR) is 79.7 cm³/mol. The summed E-state index contributed by atoms with van der Waals surface area (Å²) in [6.07, 6.45) is 2.98. The second-order valence-corrected chi connectivity index (χ2v) is 5.14. The molecule has 1 heteroatoms. The van der Waals surface area contributed by atoms with E-state index in [0.717, 1.165) is 19.3 Å². The van der Waals surface area contributed by atoms with Gasteiger partial charge in [-0.05, 0) is 42.5 Å². The van der Waals surface area contributed by atoms with Gasteiger partial charge in [0.25, 0.3) is 0 Å². The van der Waals surface area contributed by atoms with Crippen LogP contribution in [0.15, 0.2) is 54.6 Å². The van der Waals surface area contributed by atoms with Crippen molar-refractivity contribution in [1.29, 1.82) is 0 Å². The minimum atomic E-state index is 0.225. The molecule has 0 saturated heterocycles. The highest BCUT2D eigenvalue weighted by Gasteiger charge is 2.04. The van der Waals surface area contributed by atoms with Gasteiger partial charge in [0.1, 0.15) is 0 Å². The summed E-state index contributed by atoms with van der Waals surface area (Å²) in [6, 6.07) is 15.3. The molecule has 1 atom stereocenters. The number of hydrogen-bond donors (Lipinski definition) is 1. The summed E-state index contributed by atoms with van der Waals surface area (Å²) in [6.45, 7) is 5.98. The van der Waals surface area contributed by atoms with Crippen LogP contribution in [-0.4, -0.2) is 6.04 Å². The van der Waals surface area contributed by atoms with Crippen molar-refractivity contribution in [3.63, 3.8) is 0 Å². The summed E-state index contributed by atoms with van der Waals surface area (Å²) in [7, 11) is 0. The number of nitrogens with two attached hydrogens (primary N) is 1. The van der Waals surface area contributed by atoms with Crippen molar-refractivity contribution >= 4 is 10.8 Å². The molecule has 0 saturated carbocycles. The van der Waals surface area contributed by atoms with Crippen molar-refractivity contribution < 1.29 is 0 Å². The second kappa shape index (κ2) is 5.83. The molecule has 1 nitrogen and oxygen atoms in total. The van der Waals surface area contributed by atoms with E-state index in [1.165, 1.54) is 21.9 Å². The van der Waals surface area contributed by atoms with E-state index in [1.807, 2.05) is 0 Å². The quantitative estimate of drug-likeness (QED) is 0.782. The smallest absolute Gasteiger partial charge is 0.00823 e. The molecule has 2 aromatic rings. The Morgan fingerprint density at radius 2 is 1.89 bits per heavy atom. The third-order valence-corrected chi connectivity index (χ3v) is 3.25. The number of fused-ring (bicyclic) bond motifs is 1. The van der Waals surface area contributed by atoms with Crippen molar-refractivity contribution in [3.05, 3.63) is 60.2 Å². The fourth-order valence-electron chi connectivity index (χ4n) is 2.20. The van der Waals surface area contributed by atoms with Gasteiger partial charge in [-0.2, -0.15) is 0 Å². The number of rotatable bonds is 5. The minimum Gasteiger partial charge on any atom is -0.327 e. The highest BCUT2D eigenvalue weighted by molar-refractivity contribution is 5.82. The predicted octanol–water partition coefficient (Wildman–Crippen LogP) is 4.07. The largest absolute Gasteiger partial charge is 0.327 e. The van der Waals surface area contributed by atoms with Crippen molar-refractivity contribution in [1.82, 2.24) is 0 Å². The summed E-state index contributed by atoms with van der Waals surface area (Å²) >= 11 is 0. The fourth-order valence-corrected chi connectivity index (χ4v) is 2.20. The van der Waals surface area contributed by atoms with Crippen LogP contribution in [0, 0.1) is 0 Å². The Morgan fingerprint density at radius 1 is 1.17 bits per heavy atom. The van der Waals surface area contributed by atoms with E-state index in [1.54, 1.807) is 0 Å². The molecule has 0 spiro atoms. The summed E-state index contributed by atoms with van der Waals surface area (Å²) in [5.74, 6) is 0. The van der Waals surface area contributed by atoms with Crippen molar-refractivity contribution in [2.24, 2.45) is 5.73 Å². The zero-order chi connectivity index (χ0) is 13.0. The lowest BCUT2D eigenvalue weighted by Crippen LogP contribution is -2.22. The van der Waals surface area contributed by atoms with E-state index in [4.69, 9.17) is 5.73 Å². The third kappa shape index (κ3) is 3.44. The van der Waals surface area contributed by atoms with Gasteiger partial charge in [0, 0.05) is 6.04 Å². The second-order valence-electron chi connectivity index (χ2n) is 5.14. The standard InChI is InChI=1S/C17H21N/c1-13(2)7-10-17(18)12-14-8-9-15-5-3-4-6-16(15)11-14/h3-6,8-9,11,17H,1,7,10,12,18H2,2H3. The first-order chi connectivity index (χ1) is 8.65. The first kappa shape index (κ1) is 12.8. The van der Waals surface area contributed by atoms with Crippen LogP contribution >= 0.6 is 0 Å². The van der Waals surface area contributed by atoms with Gasteiger partial charge in [-0.1, -0.05) is 48.0 Å². The van der Waals surface area contributed by atoms with Crippen molar-refractivity contribution in [3.8, 4) is 0 Å². The third-order valence-electron chi connectivity index (χ3n) is 3.25. The summed E-state index contributed by atoms with van der Waals surface area (Å²) in [5, 5.41) is 2.58. The highest BCUT2D eigenvalue weighted by atomic mass is 14.6. The molecule has 94 valence electrons. The zero-order valence-electron chi connectivity index (χ0n) is 11.0. The molecule has 0 aliphatic rings. The normalized spacial score (nSPS) is 12.6. The van der Waals surface area contributed by atoms with Crippen LogP contribution in [-0.2, 0) is 6.42 Å². The lowest BCUT2D eigenvalue weighted by molar-refractivity contribution is 0.609. The monoisotopic (exact) mass is 239 g/mol. The Labute approximate surface area is 109 Å². The van der Waals surface area contributed by atoms with Crippen molar-refractivity contribution in [2.45, 2.75) is 32.2 Å². The van der Waals surface area contributed by atoms with E-state index in [2.05, 4.69) is 56.0 Å². The van der Waals surface area contributed by atoms with Crippen LogP contribution in [0.2, 0.25) is 0 Å². The Balaban J connectivity index is 2.05. The first-order valence-electron chi connectivity index (χ1n) is 6.53. The number of benzene rings is 2. The van der Waals surface area contributed by atoms with Gasteiger partial charge < -0.3 is 5.73 Å². The van der Waals surface area contributed by atoms with Gasteiger partial charge in [0.05, 0.1) is 0 Å². The van der Waals surface area contributed by atoms with Gasteiger partial charge >= 0.3 is 0 Å². The molecule has 0 heterocycles. The molecule has 0 aliphatic carbocycles. The van der Waals surface area contributed by atoms with Gasteiger partial charge in [0.2, 0.25) is 0 Å². The highest BCUT2D eigenvalue weighted by Crippen LogP contribution is 2.17. The maximum absolute atomic E-state index is 6.16. The Bertz CT molecular complexity index is 542. The van der Waals surface area contributed by atoms with E-state index in [9.17, 15) is 0 Å². The Morgan fingerprint density at radius 3 is 2.61 bits per heavy atom. The molecule has 1 unspecified atom stereocenters. The van der Waals surface area contributed by atoms with Gasteiger partial charge in [0.15, 0.2) is 0 Å². The van der Waals surface area contributed by atoms with Crippen molar-refractivity contribution in [2.75, 3.05) is 0 Å². The molecule has 0 aliphatic heterocycles.